The van der Waals surface area contributed by atoms with Crippen LogP contribution in [0.3, 0.4) is 0 Å². The van der Waals surface area contributed by atoms with E-state index in [9.17, 15) is 4.39 Å². The molecule has 0 amide bonds. The molecule has 0 saturated carbocycles. The van der Waals surface area contributed by atoms with Gasteiger partial charge >= 0.3 is 0 Å². The summed E-state index contributed by atoms with van der Waals surface area (Å²) in [5, 5.41) is 5.12. The molecule has 6 heteroatoms. The van der Waals surface area contributed by atoms with E-state index in [0.29, 0.717) is 11.5 Å². The van der Waals surface area contributed by atoms with Gasteiger partial charge in [-0.25, -0.2) is 14.4 Å². The van der Waals surface area contributed by atoms with Crippen molar-refractivity contribution in [1.82, 2.24) is 15.1 Å². The van der Waals surface area contributed by atoms with Gasteiger partial charge in [0.1, 0.15) is 17.5 Å². The minimum atomic E-state index is -0.297. The molecular weight excluding hydrogens is 307 g/mol. The summed E-state index contributed by atoms with van der Waals surface area (Å²) in [5.74, 6) is 1.83. The summed E-state index contributed by atoms with van der Waals surface area (Å²) in [6.45, 7) is 5.74. The van der Waals surface area contributed by atoms with Crippen molar-refractivity contribution >= 4 is 16.8 Å². The third-order valence-electron chi connectivity index (χ3n) is 4.62. The molecule has 0 unspecified atom stereocenters. The van der Waals surface area contributed by atoms with E-state index in [-0.39, 0.29) is 5.82 Å². The van der Waals surface area contributed by atoms with Crippen LogP contribution in [0.1, 0.15) is 36.0 Å². The van der Waals surface area contributed by atoms with E-state index in [1.807, 2.05) is 19.9 Å². The van der Waals surface area contributed by atoms with Crippen molar-refractivity contribution in [3.8, 4) is 0 Å². The highest BCUT2D eigenvalue weighted by atomic mass is 19.1. The molecule has 1 saturated heterocycles. The van der Waals surface area contributed by atoms with Gasteiger partial charge in [-0.1, -0.05) is 5.16 Å². The molecule has 0 spiro atoms. The van der Waals surface area contributed by atoms with E-state index in [1.165, 1.54) is 12.1 Å². The van der Waals surface area contributed by atoms with Crippen molar-refractivity contribution in [2.24, 2.45) is 0 Å². The number of piperidine rings is 1. The third-order valence-corrected chi connectivity index (χ3v) is 4.62. The van der Waals surface area contributed by atoms with Crippen LogP contribution in [0.2, 0.25) is 0 Å². The zero-order chi connectivity index (χ0) is 16.7. The first-order chi connectivity index (χ1) is 11.6. The van der Waals surface area contributed by atoms with Crippen molar-refractivity contribution in [2.45, 2.75) is 32.6 Å². The number of hydrogen-bond donors (Lipinski definition) is 0. The number of benzene rings is 1. The van der Waals surface area contributed by atoms with E-state index in [4.69, 9.17) is 4.52 Å². The quantitative estimate of drug-likeness (QED) is 0.718. The molecular formula is C18H19FN4O. The van der Waals surface area contributed by atoms with Crippen molar-refractivity contribution in [2.75, 3.05) is 18.0 Å². The second-order valence-corrected chi connectivity index (χ2v) is 6.38. The van der Waals surface area contributed by atoms with E-state index < -0.39 is 0 Å². The van der Waals surface area contributed by atoms with Crippen LogP contribution < -0.4 is 4.90 Å². The Morgan fingerprint density at radius 3 is 2.67 bits per heavy atom. The lowest BCUT2D eigenvalue weighted by atomic mass is 9.91. The van der Waals surface area contributed by atoms with E-state index in [2.05, 4.69) is 20.0 Å². The number of nitrogens with zero attached hydrogens (tertiary/aromatic N) is 4. The van der Waals surface area contributed by atoms with Crippen LogP contribution in [0.15, 0.2) is 28.8 Å². The van der Waals surface area contributed by atoms with Crippen molar-refractivity contribution in [3.63, 3.8) is 0 Å². The van der Waals surface area contributed by atoms with E-state index in [0.717, 1.165) is 54.3 Å². The monoisotopic (exact) mass is 326 g/mol. The molecule has 2 aromatic heterocycles. The molecule has 0 bridgehead atoms. The summed E-state index contributed by atoms with van der Waals surface area (Å²) in [6.07, 6.45) is 1.95. The van der Waals surface area contributed by atoms with Gasteiger partial charge in [0.2, 0.25) is 0 Å². The first kappa shape index (κ1) is 15.1. The Bertz CT molecular complexity index is 864. The molecule has 1 aromatic carbocycles. The van der Waals surface area contributed by atoms with Crippen LogP contribution in [-0.2, 0) is 0 Å². The average Bonchev–Trinajstić information content (AvgIpc) is 2.97. The fraction of sp³-hybridized carbons (Fsp3) is 0.389. The summed E-state index contributed by atoms with van der Waals surface area (Å²) in [5.41, 5.74) is 2.46. The summed E-state index contributed by atoms with van der Waals surface area (Å²) < 4.78 is 18.6. The maximum atomic E-state index is 13.3. The fourth-order valence-electron chi connectivity index (χ4n) is 3.47. The maximum absolute atomic E-state index is 13.3. The molecule has 1 fully saturated rings. The molecule has 5 nitrogen and oxygen atoms in total. The van der Waals surface area contributed by atoms with Gasteiger partial charge in [0.25, 0.3) is 0 Å². The minimum absolute atomic E-state index is 0.297. The number of aryl methyl sites for hydroxylation is 2. The summed E-state index contributed by atoms with van der Waals surface area (Å²) >= 11 is 0. The normalized spacial score (nSPS) is 16.0. The Kier molecular flexibility index (Phi) is 3.67. The topological polar surface area (TPSA) is 55.1 Å². The fourth-order valence-corrected chi connectivity index (χ4v) is 3.47. The predicted octanol–water partition coefficient (Wildman–Crippen LogP) is 3.76. The zero-order valence-electron chi connectivity index (χ0n) is 13.8. The number of halogens is 1. The van der Waals surface area contributed by atoms with Crippen molar-refractivity contribution < 1.29 is 8.91 Å². The highest BCUT2D eigenvalue weighted by Crippen LogP contribution is 2.33. The lowest BCUT2D eigenvalue weighted by molar-refractivity contribution is 0.416. The zero-order valence-corrected chi connectivity index (χ0v) is 13.8. The van der Waals surface area contributed by atoms with Gasteiger partial charge in [-0.15, -0.1) is 0 Å². The van der Waals surface area contributed by atoms with Gasteiger partial charge in [-0.05, 0) is 38.8 Å². The smallest absolute Gasteiger partial charge is 0.170 e. The SMILES string of the molecule is Cc1cc(N2CCC(c3noc4cc(F)ccc34)CC2)nc(C)n1. The van der Waals surface area contributed by atoms with E-state index in [1.54, 1.807) is 6.07 Å². The van der Waals surface area contributed by atoms with Crippen molar-refractivity contribution in [1.29, 1.82) is 0 Å². The second kappa shape index (κ2) is 5.85. The van der Waals surface area contributed by atoms with Crippen LogP contribution in [0, 0.1) is 19.7 Å². The van der Waals surface area contributed by atoms with Gasteiger partial charge in [0.05, 0.1) is 5.69 Å². The summed E-state index contributed by atoms with van der Waals surface area (Å²) in [7, 11) is 0. The Hall–Kier alpha value is -2.50. The van der Waals surface area contributed by atoms with Crippen LogP contribution in [0.25, 0.3) is 11.0 Å². The summed E-state index contributed by atoms with van der Waals surface area (Å²) in [4.78, 5) is 11.2. The number of fused-ring (bicyclic) bond motifs is 1. The molecule has 0 N–H and O–H groups in total. The molecule has 0 aliphatic carbocycles. The largest absolute Gasteiger partial charge is 0.356 e. The van der Waals surface area contributed by atoms with Gasteiger partial charge in [0, 0.05) is 42.2 Å². The van der Waals surface area contributed by atoms with Gasteiger partial charge in [0.15, 0.2) is 5.58 Å². The Labute approximate surface area is 139 Å². The molecule has 0 radical (unpaired) electrons. The number of anilines is 1. The first-order valence-corrected chi connectivity index (χ1v) is 8.22. The van der Waals surface area contributed by atoms with E-state index >= 15 is 0 Å². The van der Waals surface area contributed by atoms with Crippen molar-refractivity contribution in [3.05, 3.63) is 47.3 Å². The second-order valence-electron chi connectivity index (χ2n) is 6.38. The molecule has 0 atom stereocenters. The number of hydrogen-bond acceptors (Lipinski definition) is 5. The lowest BCUT2D eigenvalue weighted by Gasteiger charge is -2.32. The predicted molar refractivity (Wildman–Crippen MR) is 89.7 cm³/mol. The molecule has 3 aromatic rings. The molecule has 24 heavy (non-hydrogen) atoms. The first-order valence-electron chi connectivity index (χ1n) is 8.22. The Balaban J connectivity index is 1.53. The highest BCUT2D eigenvalue weighted by molar-refractivity contribution is 5.80. The number of rotatable bonds is 2. The number of aromatic nitrogens is 3. The van der Waals surface area contributed by atoms with Gasteiger partial charge < -0.3 is 9.42 Å². The highest BCUT2D eigenvalue weighted by Gasteiger charge is 2.26. The summed E-state index contributed by atoms with van der Waals surface area (Å²) in [6, 6.07) is 6.65. The van der Waals surface area contributed by atoms with Crippen LogP contribution in [0.4, 0.5) is 10.2 Å². The third kappa shape index (κ3) is 2.72. The standard InChI is InChI=1S/C18H19FN4O/c1-11-9-17(21-12(2)20-11)23-7-5-13(6-8-23)18-15-4-3-14(19)10-16(15)24-22-18/h3-4,9-10,13H,5-8H2,1-2H3. The van der Waals surface area contributed by atoms with Crippen LogP contribution >= 0.6 is 0 Å². The molecule has 1 aliphatic heterocycles. The average molecular weight is 326 g/mol. The maximum Gasteiger partial charge on any atom is 0.170 e. The Morgan fingerprint density at radius 1 is 1.12 bits per heavy atom. The van der Waals surface area contributed by atoms with Gasteiger partial charge in [-0.2, -0.15) is 0 Å². The molecule has 1 aliphatic rings. The lowest BCUT2D eigenvalue weighted by Crippen LogP contribution is -2.33. The molecule has 124 valence electrons. The van der Waals surface area contributed by atoms with Gasteiger partial charge in [-0.3, -0.25) is 0 Å². The Morgan fingerprint density at radius 2 is 1.92 bits per heavy atom. The minimum Gasteiger partial charge on any atom is -0.356 e. The van der Waals surface area contributed by atoms with Crippen LogP contribution in [-0.4, -0.2) is 28.2 Å². The molecule has 3 heterocycles. The molecule has 4 rings (SSSR count). The van der Waals surface area contributed by atoms with Crippen LogP contribution in [0.5, 0.6) is 0 Å².